The fraction of sp³-hybridized carbons (Fsp3) is 0.611. The summed E-state index contributed by atoms with van der Waals surface area (Å²) >= 11 is 0. The van der Waals surface area contributed by atoms with Crippen LogP contribution in [0.5, 0.6) is 0 Å². The monoisotopic (exact) mass is 288 g/mol. The number of hydrogen-bond acceptors (Lipinski definition) is 2. The summed E-state index contributed by atoms with van der Waals surface area (Å²) in [7, 11) is 0. The first-order valence-corrected chi connectivity index (χ1v) is 8.30. The van der Waals surface area contributed by atoms with E-state index in [4.69, 9.17) is 5.73 Å². The molecule has 0 saturated heterocycles. The largest absolute Gasteiger partial charge is 0.399 e. The van der Waals surface area contributed by atoms with E-state index in [1.165, 1.54) is 37.7 Å². The number of nitrogens with one attached hydrogen (secondary N) is 1. The maximum Gasteiger partial charge on any atom is 0.220 e. The van der Waals surface area contributed by atoms with E-state index in [1.807, 2.05) is 24.3 Å². The Bertz CT molecular complexity index is 433. The number of benzene rings is 1. The SMILES string of the molecule is CC(CC(=O)NC1CCCCCCC1)c1ccc(N)cc1. The molecule has 0 spiro atoms. The third-order valence-electron chi connectivity index (χ3n) is 4.47. The highest BCUT2D eigenvalue weighted by atomic mass is 16.1. The second-order valence-electron chi connectivity index (χ2n) is 6.38. The van der Waals surface area contributed by atoms with Crippen molar-refractivity contribution >= 4 is 11.6 Å². The Kier molecular flexibility index (Phi) is 6.09. The minimum Gasteiger partial charge on any atom is -0.399 e. The number of carbonyl (C=O) groups is 1. The van der Waals surface area contributed by atoms with E-state index >= 15 is 0 Å². The number of hydrogen-bond donors (Lipinski definition) is 2. The van der Waals surface area contributed by atoms with Crippen LogP contribution >= 0.6 is 0 Å². The summed E-state index contributed by atoms with van der Waals surface area (Å²) in [5.41, 5.74) is 7.65. The Balaban J connectivity index is 1.81. The van der Waals surface area contributed by atoms with Gasteiger partial charge in [0.25, 0.3) is 0 Å². The van der Waals surface area contributed by atoms with Crippen LogP contribution in [0.15, 0.2) is 24.3 Å². The Labute approximate surface area is 128 Å². The van der Waals surface area contributed by atoms with Crippen LogP contribution < -0.4 is 11.1 Å². The average Bonchev–Trinajstić information content (AvgIpc) is 2.42. The number of amides is 1. The van der Waals surface area contributed by atoms with E-state index in [-0.39, 0.29) is 11.8 Å². The van der Waals surface area contributed by atoms with E-state index in [0.29, 0.717) is 12.5 Å². The lowest BCUT2D eigenvalue weighted by Crippen LogP contribution is -2.35. The first kappa shape index (κ1) is 15.9. The number of nitrogen functional groups attached to an aromatic ring is 1. The maximum absolute atomic E-state index is 12.2. The Morgan fingerprint density at radius 3 is 2.33 bits per heavy atom. The second-order valence-corrected chi connectivity index (χ2v) is 6.38. The molecule has 0 aromatic heterocycles. The minimum atomic E-state index is 0.185. The molecule has 3 nitrogen and oxygen atoms in total. The molecule has 1 amide bonds. The highest BCUT2D eigenvalue weighted by molar-refractivity contribution is 5.77. The van der Waals surface area contributed by atoms with E-state index in [9.17, 15) is 4.79 Å². The third-order valence-corrected chi connectivity index (χ3v) is 4.47. The van der Waals surface area contributed by atoms with Crippen molar-refractivity contribution in [3.05, 3.63) is 29.8 Å². The molecule has 0 bridgehead atoms. The molecular weight excluding hydrogens is 260 g/mol. The standard InChI is InChI=1S/C18H28N2O/c1-14(15-9-11-16(19)12-10-15)13-18(21)20-17-7-5-3-2-4-6-8-17/h9-12,14,17H,2-8,13,19H2,1H3,(H,20,21). The molecular formula is C18H28N2O. The first-order valence-electron chi connectivity index (χ1n) is 8.30. The quantitative estimate of drug-likeness (QED) is 0.823. The van der Waals surface area contributed by atoms with Crippen LogP contribution in [0.25, 0.3) is 0 Å². The third kappa shape index (κ3) is 5.41. The summed E-state index contributed by atoms with van der Waals surface area (Å²) in [6, 6.07) is 8.22. The van der Waals surface area contributed by atoms with Gasteiger partial charge in [-0.15, -0.1) is 0 Å². The molecule has 3 N–H and O–H groups in total. The Morgan fingerprint density at radius 1 is 1.14 bits per heavy atom. The van der Waals surface area contributed by atoms with E-state index in [0.717, 1.165) is 18.5 Å². The van der Waals surface area contributed by atoms with Crippen molar-refractivity contribution in [2.24, 2.45) is 0 Å². The summed E-state index contributed by atoms with van der Waals surface area (Å²) in [5.74, 6) is 0.420. The van der Waals surface area contributed by atoms with Crippen LogP contribution in [0.4, 0.5) is 5.69 Å². The summed E-state index contributed by atoms with van der Waals surface area (Å²) in [5, 5.41) is 3.24. The van der Waals surface area contributed by atoms with Gasteiger partial charge in [-0.2, -0.15) is 0 Å². The fourth-order valence-electron chi connectivity index (χ4n) is 3.11. The zero-order chi connectivity index (χ0) is 15.1. The molecule has 1 fully saturated rings. The van der Waals surface area contributed by atoms with Crippen LogP contribution in [0, 0.1) is 0 Å². The summed E-state index contributed by atoms with van der Waals surface area (Å²) in [6.07, 6.45) is 9.32. The molecule has 1 aromatic rings. The smallest absolute Gasteiger partial charge is 0.220 e. The zero-order valence-corrected chi connectivity index (χ0v) is 13.1. The van der Waals surface area contributed by atoms with Crippen molar-refractivity contribution in [2.75, 3.05) is 5.73 Å². The number of rotatable bonds is 4. The van der Waals surface area contributed by atoms with Crippen LogP contribution in [0.2, 0.25) is 0 Å². The van der Waals surface area contributed by atoms with Crippen molar-refractivity contribution < 1.29 is 4.79 Å². The molecule has 3 heteroatoms. The molecule has 0 heterocycles. The number of carbonyl (C=O) groups excluding carboxylic acids is 1. The fourth-order valence-corrected chi connectivity index (χ4v) is 3.11. The van der Waals surface area contributed by atoms with Gasteiger partial charge >= 0.3 is 0 Å². The number of nitrogens with two attached hydrogens (primary N) is 1. The molecule has 0 aliphatic heterocycles. The molecule has 116 valence electrons. The summed E-state index contributed by atoms with van der Waals surface area (Å²) in [4.78, 5) is 12.2. The number of anilines is 1. The lowest BCUT2D eigenvalue weighted by Gasteiger charge is -2.22. The molecule has 1 unspecified atom stereocenters. The van der Waals surface area contributed by atoms with Gasteiger partial charge in [-0.1, -0.05) is 51.2 Å². The molecule has 0 radical (unpaired) electrons. The van der Waals surface area contributed by atoms with Crippen LogP contribution in [-0.4, -0.2) is 11.9 Å². The lowest BCUT2D eigenvalue weighted by atomic mass is 9.95. The van der Waals surface area contributed by atoms with Crippen molar-refractivity contribution in [1.29, 1.82) is 0 Å². The molecule has 2 rings (SSSR count). The normalized spacial score (nSPS) is 18.5. The van der Waals surface area contributed by atoms with Gasteiger partial charge < -0.3 is 11.1 Å². The molecule has 1 saturated carbocycles. The Morgan fingerprint density at radius 2 is 1.71 bits per heavy atom. The van der Waals surface area contributed by atoms with Gasteiger partial charge in [-0.3, -0.25) is 4.79 Å². The second kappa shape index (κ2) is 8.06. The van der Waals surface area contributed by atoms with Crippen molar-refractivity contribution in [1.82, 2.24) is 5.32 Å². The predicted octanol–water partition coefficient (Wildman–Crippen LogP) is 3.99. The van der Waals surface area contributed by atoms with Crippen molar-refractivity contribution in [2.45, 2.75) is 70.3 Å². The van der Waals surface area contributed by atoms with Crippen molar-refractivity contribution in [3.63, 3.8) is 0 Å². The summed E-state index contributed by atoms with van der Waals surface area (Å²) < 4.78 is 0. The molecule has 1 aliphatic rings. The predicted molar refractivity (Wildman–Crippen MR) is 88.1 cm³/mol. The van der Waals surface area contributed by atoms with Gasteiger partial charge in [0, 0.05) is 18.2 Å². The molecule has 1 aliphatic carbocycles. The van der Waals surface area contributed by atoms with Gasteiger partial charge in [0.15, 0.2) is 0 Å². The van der Waals surface area contributed by atoms with Crippen LogP contribution in [0.1, 0.15) is 69.8 Å². The van der Waals surface area contributed by atoms with E-state index < -0.39 is 0 Å². The van der Waals surface area contributed by atoms with Gasteiger partial charge in [0.1, 0.15) is 0 Å². The zero-order valence-electron chi connectivity index (χ0n) is 13.1. The maximum atomic E-state index is 12.2. The van der Waals surface area contributed by atoms with Crippen LogP contribution in [-0.2, 0) is 4.79 Å². The van der Waals surface area contributed by atoms with Crippen LogP contribution in [0.3, 0.4) is 0 Å². The van der Waals surface area contributed by atoms with Gasteiger partial charge in [0.2, 0.25) is 5.91 Å². The Hall–Kier alpha value is -1.51. The molecule has 1 aromatic carbocycles. The minimum absolute atomic E-state index is 0.185. The van der Waals surface area contributed by atoms with Gasteiger partial charge in [-0.05, 0) is 36.5 Å². The van der Waals surface area contributed by atoms with E-state index in [2.05, 4.69) is 12.2 Å². The van der Waals surface area contributed by atoms with Gasteiger partial charge in [0.05, 0.1) is 0 Å². The van der Waals surface area contributed by atoms with Gasteiger partial charge in [-0.25, -0.2) is 0 Å². The summed E-state index contributed by atoms with van der Waals surface area (Å²) in [6.45, 7) is 2.10. The lowest BCUT2D eigenvalue weighted by molar-refractivity contribution is -0.122. The molecule has 1 atom stereocenters. The highest BCUT2D eigenvalue weighted by Crippen LogP contribution is 2.21. The molecule has 21 heavy (non-hydrogen) atoms. The average molecular weight is 288 g/mol. The van der Waals surface area contributed by atoms with E-state index in [1.54, 1.807) is 0 Å². The van der Waals surface area contributed by atoms with Crippen molar-refractivity contribution in [3.8, 4) is 0 Å². The topological polar surface area (TPSA) is 55.1 Å². The first-order chi connectivity index (χ1) is 10.1. The highest BCUT2D eigenvalue weighted by Gasteiger charge is 2.16.